The number of methoxy groups -OCH3 is 1. The first-order valence-corrected chi connectivity index (χ1v) is 10.8. The van der Waals surface area contributed by atoms with E-state index in [2.05, 4.69) is 30.6 Å². The van der Waals surface area contributed by atoms with E-state index in [4.69, 9.17) is 4.74 Å². The van der Waals surface area contributed by atoms with Crippen LogP contribution in [0.15, 0.2) is 11.3 Å². The van der Waals surface area contributed by atoms with Crippen LogP contribution in [0.2, 0.25) is 0 Å². The number of nitrogens with zero attached hydrogens (tertiary/aromatic N) is 5. The van der Waals surface area contributed by atoms with Gasteiger partial charge in [-0.3, -0.25) is 9.89 Å². The fourth-order valence-electron chi connectivity index (χ4n) is 5.20. The first-order chi connectivity index (χ1) is 13.7. The number of aromatic nitrogens is 3. The van der Waals surface area contributed by atoms with E-state index in [0.717, 1.165) is 63.6 Å². The molecule has 0 amide bonds. The second-order valence-electron chi connectivity index (χ2n) is 8.52. The average Bonchev–Trinajstić information content (AvgIpc) is 3.41. The van der Waals surface area contributed by atoms with Crippen LogP contribution >= 0.6 is 24.0 Å². The predicted octanol–water partition coefficient (Wildman–Crippen LogP) is 1.80. The van der Waals surface area contributed by atoms with Gasteiger partial charge in [-0.15, -0.1) is 24.0 Å². The van der Waals surface area contributed by atoms with Crippen molar-refractivity contribution in [2.45, 2.75) is 75.6 Å². The SMILES string of the molecule is CN=C(NCC1(N2CCC(OC)CC2)CCCC1)NC1CCc2ncnn2C1.I. The maximum absolute atomic E-state index is 5.57. The number of piperidine rings is 1. The van der Waals surface area contributed by atoms with Crippen LogP contribution in [-0.2, 0) is 17.7 Å². The van der Waals surface area contributed by atoms with Gasteiger partial charge in [-0.25, -0.2) is 9.67 Å². The van der Waals surface area contributed by atoms with Gasteiger partial charge in [0.2, 0.25) is 0 Å². The summed E-state index contributed by atoms with van der Waals surface area (Å²) in [5.74, 6) is 2.00. The van der Waals surface area contributed by atoms with E-state index in [1.807, 2.05) is 18.8 Å². The van der Waals surface area contributed by atoms with Crippen LogP contribution in [0.3, 0.4) is 0 Å². The number of nitrogens with one attached hydrogen (secondary N) is 2. The van der Waals surface area contributed by atoms with Gasteiger partial charge in [0.1, 0.15) is 12.2 Å². The first-order valence-electron chi connectivity index (χ1n) is 10.8. The molecule has 8 nitrogen and oxygen atoms in total. The molecule has 1 unspecified atom stereocenters. The Labute approximate surface area is 191 Å². The van der Waals surface area contributed by atoms with Crippen molar-refractivity contribution < 1.29 is 4.74 Å². The molecule has 9 heteroatoms. The fraction of sp³-hybridized carbons (Fsp3) is 0.850. The Balaban J connectivity index is 0.00000240. The van der Waals surface area contributed by atoms with Crippen molar-refractivity contribution in [2.24, 2.45) is 4.99 Å². The lowest BCUT2D eigenvalue weighted by atomic mass is 9.91. The highest BCUT2D eigenvalue weighted by Gasteiger charge is 2.41. The lowest BCUT2D eigenvalue weighted by Gasteiger charge is -2.45. The maximum Gasteiger partial charge on any atom is 0.191 e. The van der Waals surface area contributed by atoms with Crippen LogP contribution < -0.4 is 10.6 Å². The number of hydrogen-bond acceptors (Lipinski definition) is 5. The quantitative estimate of drug-likeness (QED) is 0.353. The molecule has 0 radical (unpaired) electrons. The second kappa shape index (κ2) is 10.4. The molecule has 1 aromatic rings. The summed E-state index contributed by atoms with van der Waals surface area (Å²) in [5, 5.41) is 11.6. The maximum atomic E-state index is 5.57. The Morgan fingerprint density at radius 1 is 1.28 bits per heavy atom. The van der Waals surface area contributed by atoms with Crippen molar-refractivity contribution in [1.82, 2.24) is 30.3 Å². The van der Waals surface area contributed by atoms with E-state index in [-0.39, 0.29) is 29.5 Å². The third-order valence-corrected chi connectivity index (χ3v) is 6.94. The van der Waals surface area contributed by atoms with Crippen molar-refractivity contribution in [3.05, 3.63) is 12.2 Å². The van der Waals surface area contributed by atoms with E-state index in [1.54, 1.807) is 6.33 Å². The number of aliphatic imine (C=N–C) groups is 1. The van der Waals surface area contributed by atoms with Gasteiger partial charge >= 0.3 is 0 Å². The number of ether oxygens (including phenoxy) is 1. The zero-order valence-corrected chi connectivity index (χ0v) is 20.1. The number of rotatable bonds is 5. The van der Waals surface area contributed by atoms with Crippen molar-refractivity contribution in [3.8, 4) is 0 Å². The minimum Gasteiger partial charge on any atom is -0.381 e. The van der Waals surface area contributed by atoms with Crippen LogP contribution in [0.4, 0.5) is 0 Å². The molecular weight excluding hydrogens is 481 g/mol. The molecule has 1 aliphatic carbocycles. The number of likely N-dealkylation sites (tertiary alicyclic amines) is 1. The molecule has 1 saturated heterocycles. The zero-order valence-electron chi connectivity index (χ0n) is 17.8. The number of aryl methyl sites for hydroxylation is 1. The number of hydrogen-bond donors (Lipinski definition) is 2. The summed E-state index contributed by atoms with van der Waals surface area (Å²) in [6.07, 6.45) is 11.6. The van der Waals surface area contributed by atoms with Gasteiger partial charge in [-0.2, -0.15) is 5.10 Å². The molecule has 29 heavy (non-hydrogen) atoms. The minimum atomic E-state index is 0. The Morgan fingerprint density at radius 3 is 2.72 bits per heavy atom. The molecular formula is C20H36IN7O. The molecule has 3 heterocycles. The van der Waals surface area contributed by atoms with Crippen LogP contribution in [0.25, 0.3) is 0 Å². The molecule has 1 atom stereocenters. The summed E-state index contributed by atoms with van der Waals surface area (Å²) in [6.45, 7) is 4.10. The van der Waals surface area contributed by atoms with Gasteiger partial charge in [-0.1, -0.05) is 12.8 Å². The van der Waals surface area contributed by atoms with E-state index in [9.17, 15) is 0 Å². The van der Waals surface area contributed by atoms with Crippen molar-refractivity contribution in [3.63, 3.8) is 0 Å². The molecule has 2 aliphatic heterocycles. The molecule has 0 bridgehead atoms. The van der Waals surface area contributed by atoms with E-state index < -0.39 is 0 Å². The lowest BCUT2D eigenvalue weighted by Crippen LogP contribution is -2.58. The Bertz CT molecular complexity index is 666. The van der Waals surface area contributed by atoms with Crippen molar-refractivity contribution >= 4 is 29.9 Å². The average molecular weight is 517 g/mol. The van der Waals surface area contributed by atoms with E-state index in [1.165, 1.54) is 25.7 Å². The number of fused-ring (bicyclic) bond motifs is 1. The minimum absolute atomic E-state index is 0. The van der Waals surface area contributed by atoms with Crippen LogP contribution in [0, 0.1) is 0 Å². The molecule has 4 rings (SSSR count). The molecule has 1 saturated carbocycles. The van der Waals surface area contributed by atoms with Gasteiger partial charge in [0, 0.05) is 51.8 Å². The number of guanidine groups is 1. The van der Waals surface area contributed by atoms with Gasteiger partial charge in [0.25, 0.3) is 0 Å². The molecule has 1 aromatic heterocycles. The van der Waals surface area contributed by atoms with Gasteiger partial charge in [-0.05, 0) is 32.1 Å². The molecule has 0 spiro atoms. The van der Waals surface area contributed by atoms with Crippen molar-refractivity contribution in [1.29, 1.82) is 0 Å². The fourth-order valence-corrected chi connectivity index (χ4v) is 5.20. The molecule has 2 N–H and O–H groups in total. The third kappa shape index (κ3) is 5.22. The molecule has 0 aromatic carbocycles. The smallest absolute Gasteiger partial charge is 0.191 e. The van der Waals surface area contributed by atoms with E-state index in [0.29, 0.717) is 12.1 Å². The highest BCUT2D eigenvalue weighted by atomic mass is 127. The Hall–Kier alpha value is -0.940. The Kier molecular flexibility index (Phi) is 8.15. The summed E-state index contributed by atoms with van der Waals surface area (Å²) in [5.41, 5.74) is 0.266. The summed E-state index contributed by atoms with van der Waals surface area (Å²) in [4.78, 5) is 11.5. The normalized spacial score (nSPS) is 25.3. The van der Waals surface area contributed by atoms with E-state index >= 15 is 0 Å². The summed E-state index contributed by atoms with van der Waals surface area (Å²) in [6, 6.07) is 0.345. The highest BCUT2D eigenvalue weighted by molar-refractivity contribution is 14.0. The highest BCUT2D eigenvalue weighted by Crippen LogP contribution is 2.36. The predicted molar refractivity (Wildman–Crippen MR) is 125 cm³/mol. The van der Waals surface area contributed by atoms with Crippen LogP contribution in [-0.4, -0.2) is 77.1 Å². The van der Waals surface area contributed by atoms with Crippen LogP contribution in [0.5, 0.6) is 0 Å². The molecule has 3 aliphatic rings. The largest absolute Gasteiger partial charge is 0.381 e. The number of halogens is 1. The summed E-state index contributed by atoms with van der Waals surface area (Å²) in [7, 11) is 3.71. The van der Waals surface area contributed by atoms with Gasteiger partial charge in [0.15, 0.2) is 5.96 Å². The van der Waals surface area contributed by atoms with Crippen molar-refractivity contribution in [2.75, 3.05) is 33.8 Å². The molecule has 164 valence electrons. The van der Waals surface area contributed by atoms with Gasteiger partial charge < -0.3 is 15.4 Å². The van der Waals surface area contributed by atoms with Crippen LogP contribution in [0.1, 0.15) is 50.8 Å². The monoisotopic (exact) mass is 517 g/mol. The second-order valence-corrected chi connectivity index (χ2v) is 8.52. The standard InChI is InChI=1S/C20H35N7O.HI/c1-21-19(25-16-5-6-18-23-15-24-27(18)13-16)22-14-20(9-3-4-10-20)26-11-7-17(28-2)8-12-26;/h15-17H,3-14H2,1-2H3,(H2,21,22,25);1H. The lowest BCUT2D eigenvalue weighted by molar-refractivity contribution is -0.00165. The summed E-state index contributed by atoms with van der Waals surface area (Å²) < 4.78 is 7.58. The van der Waals surface area contributed by atoms with Gasteiger partial charge in [0.05, 0.1) is 12.6 Å². The first kappa shape index (κ1) is 22.7. The zero-order chi connectivity index (χ0) is 19.4. The summed E-state index contributed by atoms with van der Waals surface area (Å²) >= 11 is 0. The topological polar surface area (TPSA) is 79.6 Å². The Morgan fingerprint density at radius 2 is 2.03 bits per heavy atom. The molecule has 2 fully saturated rings. The third-order valence-electron chi connectivity index (χ3n) is 6.94.